The second kappa shape index (κ2) is 10.3. The van der Waals surface area contributed by atoms with Gasteiger partial charge in [0.1, 0.15) is 0 Å². The summed E-state index contributed by atoms with van der Waals surface area (Å²) in [5, 5.41) is 0. The Morgan fingerprint density at radius 3 is 2.23 bits per heavy atom. The van der Waals surface area contributed by atoms with Gasteiger partial charge in [-0.3, -0.25) is 19.4 Å². The Bertz CT molecular complexity index is 459. The van der Waals surface area contributed by atoms with Crippen molar-refractivity contribution in [3.8, 4) is 0 Å². The molecule has 0 radical (unpaired) electrons. The van der Waals surface area contributed by atoms with E-state index in [0.29, 0.717) is 18.5 Å². The van der Waals surface area contributed by atoms with Crippen molar-refractivity contribution in [2.45, 2.75) is 65.5 Å². The molecule has 6 nitrogen and oxygen atoms in total. The average Bonchev–Trinajstić information content (AvgIpc) is 2.68. The van der Waals surface area contributed by atoms with Crippen molar-refractivity contribution in [2.24, 2.45) is 0 Å². The first-order valence-electron chi connectivity index (χ1n) is 10.6. The second-order valence-electron chi connectivity index (χ2n) is 7.64. The molecule has 2 heterocycles. The minimum atomic E-state index is -0.0530. The molecule has 0 aromatic rings. The summed E-state index contributed by atoms with van der Waals surface area (Å²) in [5.74, 6) is 0.510. The van der Waals surface area contributed by atoms with Crippen molar-refractivity contribution in [1.29, 1.82) is 0 Å². The minimum Gasteiger partial charge on any atom is -0.342 e. The number of hydrogen-bond acceptors (Lipinski definition) is 4. The third kappa shape index (κ3) is 5.19. The molecule has 2 unspecified atom stereocenters. The van der Waals surface area contributed by atoms with Crippen LogP contribution in [-0.2, 0) is 9.59 Å². The molecule has 2 atom stereocenters. The van der Waals surface area contributed by atoms with Gasteiger partial charge in [0.25, 0.3) is 0 Å². The summed E-state index contributed by atoms with van der Waals surface area (Å²) in [6, 6.07) is 0.370. The SMILES string of the molecule is CCC1CCCCN1C(=O)C(C)N1CCN(CC(=O)N(CC)CC)CC1. The Hall–Kier alpha value is -1.14. The van der Waals surface area contributed by atoms with Gasteiger partial charge >= 0.3 is 0 Å². The second-order valence-corrected chi connectivity index (χ2v) is 7.64. The van der Waals surface area contributed by atoms with Crippen molar-refractivity contribution in [1.82, 2.24) is 19.6 Å². The lowest BCUT2D eigenvalue weighted by Crippen LogP contribution is -2.57. The number of amides is 2. The maximum atomic E-state index is 13.0. The van der Waals surface area contributed by atoms with E-state index in [1.54, 1.807) is 0 Å². The van der Waals surface area contributed by atoms with Crippen LogP contribution in [0.3, 0.4) is 0 Å². The summed E-state index contributed by atoms with van der Waals surface area (Å²) in [4.78, 5) is 33.8. The number of likely N-dealkylation sites (N-methyl/N-ethyl adjacent to an activating group) is 1. The predicted octanol–water partition coefficient (Wildman–Crippen LogP) is 1.65. The molecule has 0 aromatic carbocycles. The Morgan fingerprint density at radius 1 is 1.00 bits per heavy atom. The predicted molar refractivity (Wildman–Crippen MR) is 105 cm³/mol. The molecule has 0 aromatic heterocycles. The minimum absolute atomic E-state index is 0.0530. The summed E-state index contributed by atoms with van der Waals surface area (Å²) in [6.07, 6.45) is 4.59. The number of piperazine rings is 1. The molecular weight excluding hydrogens is 328 g/mol. The normalized spacial score (nSPS) is 23.7. The van der Waals surface area contributed by atoms with E-state index in [1.807, 2.05) is 18.7 Å². The fraction of sp³-hybridized carbons (Fsp3) is 0.900. The maximum Gasteiger partial charge on any atom is 0.239 e. The number of carbonyl (C=O) groups excluding carboxylic acids is 2. The zero-order chi connectivity index (χ0) is 19.1. The zero-order valence-electron chi connectivity index (χ0n) is 17.2. The average molecular weight is 367 g/mol. The lowest BCUT2D eigenvalue weighted by molar-refractivity contribution is -0.141. The molecule has 6 heteroatoms. The molecule has 0 bridgehead atoms. The van der Waals surface area contributed by atoms with Crippen LogP contribution in [0.25, 0.3) is 0 Å². The number of piperidine rings is 1. The number of likely N-dealkylation sites (tertiary alicyclic amines) is 1. The molecule has 0 spiro atoms. The number of carbonyl (C=O) groups is 2. The monoisotopic (exact) mass is 366 g/mol. The van der Waals surface area contributed by atoms with E-state index in [2.05, 4.69) is 28.5 Å². The van der Waals surface area contributed by atoms with Gasteiger partial charge in [0.05, 0.1) is 12.6 Å². The third-order valence-electron chi connectivity index (χ3n) is 6.17. The molecule has 2 rings (SSSR count). The first-order chi connectivity index (χ1) is 12.5. The van der Waals surface area contributed by atoms with Crippen molar-refractivity contribution < 1.29 is 9.59 Å². The highest BCUT2D eigenvalue weighted by Crippen LogP contribution is 2.21. The van der Waals surface area contributed by atoms with Gasteiger partial charge < -0.3 is 9.80 Å². The molecule has 2 fully saturated rings. The first kappa shape index (κ1) is 21.2. The van der Waals surface area contributed by atoms with Gasteiger partial charge in [-0.25, -0.2) is 0 Å². The maximum absolute atomic E-state index is 13.0. The van der Waals surface area contributed by atoms with Crippen molar-refractivity contribution >= 4 is 11.8 Å². The first-order valence-corrected chi connectivity index (χ1v) is 10.6. The van der Waals surface area contributed by atoms with Crippen LogP contribution in [-0.4, -0.2) is 95.9 Å². The van der Waals surface area contributed by atoms with E-state index < -0.39 is 0 Å². The van der Waals surface area contributed by atoms with E-state index in [0.717, 1.165) is 65.1 Å². The standard InChI is InChI=1S/C20H38N4O2/c1-5-18-10-8-9-11-24(18)20(26)17(4)23-14-12-21(13-15-23)16-19(25)22(6-2)7-3/h17-18H,5-16H2,1-4H3. The fourth-order valence-electron chi connectivity index (χ4n) is 4.29. The van der Waals surface area contributed by atoms with Crippen LogP contribution in [0.2, 0.25) is 0 Å². The Labute approximate surface area is 159 Å². The zero-order valence-corrected chi connectivity index (χ0v) is 17.2. The number of rotatable bonds is 7. The van der Waals surface area contributed by atoms with Gasteiger partial charge in [-0.2, -0.15) is 0 Å². The molecule has 0 aliphatic carbocycles. The molecule has 26 heavy (non-hydrogen) atoms. The Balaban J connectivity index is 1.83. The topological polar surface area (TPSA) is 47.1 Å². The number of hydrogen-bond donors (Lipinski definition) is 0. The van der Waals surface area contributed by atoms with E-state index in [-0.39, 0.29) is 11.9 Å². The molecule has 150 valence electrons. The highest BCUT2D eigenvalue weighted by molar-refractivity contribution is 5.82. The summed E-state index contributed by atoms with van der Waals surface area (Å²) in [6.45, 7) is 14.7. The van der Waals surface area contributed by atoms with E-state index in [4.69, 9.17) is 0 Å². The third-order valence-corrected chi connectivity index (χ3v) is 6.17. The summed E-state index contributed by atoms with van der Waals surface area (Å²) in [7, 11) is 0. The summed E-state index contributed by atoms with van der Waals surface area (Å²) >= 11 is 0. The van der Waals surface area contributed by atoms with Crippen molar-refractivity contribution in [3.63, 3.8) is 0 Å². The van der Waals surface area contributed by atoms with Crippen LogP contribution < -0.4 is 0 Å². The molecule has 0 N–H and O–H groups in total. The van der Waals surface area contributed by atoms with E-state index in [1.165, 1.54) is 6.42 Å². The van der Waals surface area contributed by atoms with Crippen molar-refractivity contribution in [2.75, 3.05) is 52.4 Å². The Morgan fingerprint density at radius 2 is 1.65 bits per heavy atom. The van der Waals surface area contributed by atoms with Crippen molar-refractivity contribution in [3.05, 3.63) is 0 Å². The summed E-state index contributed by atoms with van der Waals surface area (Å²) < 4.78 is 0. The van der Waals surface area contributed by atoms with E-state index >= 15 is 0 Å². The van der Waals surface area contributed by atoms with Gasteiger partial charge in [-0.1, -0.05) is 6.92 Å². The van der Waals surface area contributed by atoms with Crippen LogP contribution in [0.15, 0.2) is 0 Å². The van der Waals surface area contributed by atoms with Crippen LogP contribution in [0.4, 0.5) is 0 Å². The van der Waals surface area contributed by atoms with Crippen LogP contribution in [0.5, 0.6) is 0 Å². The van der Waals surface area contributed by atoms with Gasteiger partial charge in [0.15, 0.2) is 0 Å². The highest BCUT2D eigenvalue weighted by atomic mass is 16.2. The van der Waals surface area contributed by atoms with Gasteiger partial charge in [-0.05, 0) is 46.5 Å². The lowest BCUT2D eigenvalue weighted by Gasteiger charge is -2.42. The van der Waals surface area contributed by atoms with Crippen LogP contribution in [0, 0.1) is 0 Å². The van der Waals surface area contributed by atoms with Gasteiger partial charge in [0.2, 0.25) is 11.8 Å². The molecule has 2 aliphatic heterocycles. The largest absolute Gasteiger partial charge is 0.342 e. The lowest BCUT2D eigenvalue weighted by atomic mass is 9.99. The molecule has 2 amide bonds. The molecular formula is C20H38N4O2. The smallest absolute Gasteiger partial charge is 0.239 e. The molecule has 2 aliphatic rings. The van der Waals surface area contributed by atoms with Gasteiger partial charge in [0, 0.05) is 51.9 Å². The van der Waals surface area contributed by atoms with E-state index in [9.17, 15) is 9.59 Å². The highest BCUT2D eigenvalue weighted by Gasteiger charge is 2.33. The van der Waals surface area contributed by atoms with Crippen LogP contribution >= 0.6 is 0 Å². The van der Waals surface area contributed by atoms with Crippen LogP contribution in [0.1, 0.15) is 53.4 Å². The van der Waals surface area contributed by atoms with Gasteiger partial charge in [-0.15, -0.1) is 0 Å². The fourth-order valence-corrected chi connectivity index (χ4v) is 4.29. The molecule has 0 saturated carbocycles. The quantitative estimate of drug-likeness (QED) is 0.687. The summed E-state index contributed by atoms with van der Waals surface area (Å²) in [5.41, 5.74) is 0. The molecule has 2 saturated heterocycles. The number of nitrogens with zero attached hydrogens (tertiary/aromatic N) is 4. The Kier molecular flexibility index (Phi) is 8.35.